The van der Waals surface area contributed by atoms with Gasteiger partial charge in [0.2, 0.25) is 11.7 Å². The summed E-state index contributed by atoms with van der Waals surface area (Å²) in [6.07, 6.45) is 3.05. The van der Waals surface area contributed by atoms with Crippen molar-refractivity contribution in [1.29, 1.82) is 0 Å². The van der Waals surface area contributed by atoms with E-state index in [2.05, 4.69) is 0 Å². The van der Waals surface area contributed by atoms with Gasteiger partial charge < -0.3 is 9.80 Å². The summed E-state index contributed by atoms with van der Waals surface area (Å²) in [5.74, 6) is -1.30. The zero-order valence-electron chi connectivity index (χ0n) is 12.6. The molecule has 1 aromatic carbocycles. The Morgan fingerprint density at radius 3 is 2.24 bits per heavy atom. The number of hydrogen-bond acceptors (Lipinski definition) is 3. The fraction of sp³-hybridized carbons (Fsp3) is 0.312. The zero-order chi connectivity index (χ0) is 15.8. The first-order chi connectivity index (χ1) is 9.91. The predicted molar refractivity (Wildman–Crippen MR) is 81.4 cm³/mol. The van der Waals surface area contributed by atoms with Gasteiger partial charge in [0.05, 0.1) is 0 Å². The molecular formula is C16H20N2O3. The summed E-state index contributed by atoms with van der Waals surface area (Å²) in [6, 6.07) is 9.26. The molecule has 0 atom stereocenters. The molecule has 0 saturated heterocycles. The van der Waals surface area contributed by atoms with Crippen molar-refractivity contribution < 1.29 is 14.4 Å². The minimum atomic E-state index is -0.617. The smallest absolute Gasteiger partial charge is 0.294 e. The van der Waals surface area contributed by atoms with Gasteiger partial charge in [0.25, 0.3) is 5.91 Å². The summed E-state index contributed by atoms with van der Waals surface area (Å²) in [5, 5.41) is 0. The first kappa shape index (κ1) is 16.6. The average Bonchev–Trinajstić information content (AvgIpc) is 2.49. The Balaban J connectivity index is 2.52. The average molecular weight is 288 g/mol. The zero-order valence-corrected chi connectivity index (χ0v) is 12.6. The van der Waals surface area contributed by atoms with Gasteiger partial charge in [-0.25, -0.2) is 0 Å². The van der Waals surface area contributed by atoms with Crippen LogP contribution in [0, 0.1) is 0 Å². The van der Waals surface area contributed by atoms with Crippen LogP contribution in [0.15, 0.2) is 36.4 Å². The van der Waals surface area contributed by atoms with Gasteiger partial charge in [0.1, 0.15) is 0 Å². The standard InChI is InChI=1S/C16H20N2O3/c1-17(2)15(20)11-12-18(3)16(21)14(19)10-9-13-7-5-4-6-8-13/h4-10H,11-12H2,1-3H3/b10-9+. The van der Waals surface area contributed by atoms with Crippen LogP contribution in [0.4, 0.5) is 0 Å². The molecule has 0 fully saturated rings. The highest BCUT2D eigenvalue weighted by molar-refractivity contribution is 6.41. The van der Waals surface area contributed by atoms with Crippen LogP contribution in [-0.4, -0.2) is 55.1 Å². The molecule has 1 aromatic rings. The second-order valence-corrected chi connectivity index (χ2v) is 4.87. The molecule has 0 saturated carbocycles. The van der Waals surface area contributed by atoms with E-state index in [-0.39, 0.29) is 18.9 Å². The molecule has 0 N–H and O–H groups in total. The van der Waals surface area contributed by atoms with Gasteiger partial charge in [-0.3, -0.25) is 14.4 Å². The number of carbonyl (C=O) groups is 3. The van der Waals surface area contributed by atoms with Crippen LogP contribution in [0.1, 0.15) is 12.0 Å². The lowest BCUT2D eigenvalue weighted by Crippen LogP contribution is -2.35. The summed E-state index contributed by atoms with van der Waals surface area (Å²) in [4.78, 5) is 37.8. The molecule has 0 unspecified atom stereocenters. The molecule has 0 aliphatic heterocycles. The molecule has 5 nitrogen and oxygen atoms in total. The minimum absolute atomic E-state index is 0.0815. The maximum Gasteiger partial charge on any atom is 0.294 e. The van der Waals surface area contributed by atoms with Gasteiger partial charge >= 0.3 is 0 Å². The third-order valence-corrected chi connectivity index (χ3v) is 2.94. The lowest BCUT2D eigenvalue weighted by atomic mass is 10.2. The Morgan fingerprint density at radius 2 is 1.67 bits per heavy atom. The van der Waals surface area contributed by atoms with Crippen molar-refractivity contribution in [2.24, 2.45) is 0 Å². The fourth-order valence-corrected chi connectivity index (χ4v) is 1.58. The normalized spacial score (nSPS) is 10.4. The second kappa shape index (κ2) is 7.99. The maximum atomic E-state index is 11.8. The molecule has 0 bridgehead atoms. The lowest BCUT2D eigenvalue weighted by molar-refractivity contribution is -0.141. The Labute approximate surface area is 124 Å². The van der Waals surface area contributed by atoms with Crippen molar-refractivity contribution in [3.05, 3.63) is 42.0 Å². The van der Waals surface area contributed by atoms with Crippen molar-refractivity contribution in [2.75, 3.05) is 27.7 Å². The molecular weight excluding hydrogens is 268 g/mol. The van der Waals surface area contributed by atoms with Crippen LogP contribution in [0.2, 0.25) is 0 Å². The van der Waals surface area contributed by atoms with Crippen LogP contribution in [0.3, 0.4) is 0 Å². The number of rotatable bonds is 6. The van der Waals surface area contributed by atoms with Gasteiger partial charge in [0.15, 0.2) is 0 Å². The summed E-state index contributed by atoms with van der Waals surface area (Å²) >= 11 is 0. The van der Waals surface area contributed by atoms with E-state index in [0.29, 0.717) is 0 Å². The molecule has 0 heterocycles. The van der Waals surface area contributed by atoms with E-state index in [0.717, 1.165) is 5.56 Å². The third kappa shape index (κ3) is 5.60. The van der Waals surface area contributed by atoms with Crippen molar-refractivity contribution in [1.82, 2.24) is 9.80 Å². The Bertz CT molecular complexity index is 536. The van der Waals surface area contributed by atoms with Crippen LogP contribution < -0.4 is 0 Å². The molecule has 0 aliphatic rings. The molecule has 5 heteroatoms. The van der Waals surface area contributed by atoms with E-state index in [4.69, 9.17) is 0 Å². The number of nitrogens with zero attached hydrogens (tertiary/aromatic N) is 2. The van der Waals surface area contributed by atoms with E-state index < -0.39 is 11.7 Å². The lowest BCUT2D eigenvalue weighted by Gasteiger charge is -2.16. The number of carbonyl (C=O) groups excluding carboxylic acids is 3. The minimum Gasteiger partial charge on any atom is -0.349 e. The van der Waals surface area contributed by atoms with Crippen molar-refractivity contribution in [3.8, 4) is 0 Å². The quantitative estimate of drug-likeness (QED) is 0.584. The number of likely N-dealkylation sites (N-methyl/N-ethyl adjacent to an activating group) is 1. The first-order valence-electron chi connectivity index (χ1n) is 6.64. The summed E-state index contributed by atoms with van der Waals surface area (Å²) in [7, 11) is 4.81. The second-order valence-electron chi connectivity index (χ2n) is 4.87. The van der Waals surface area contributed by atoms with E-state index in [9.17, 15) is 14.4 Å². The topological polar surface area (TPSA) is 57.7 Å². The van der Waals surface area contributed by atoms with Crippen molar-refractivity contribution in [2.45, 2.75) is 6.42 Å². The van der Waals surface area contributed by atoms with Crippen LogP contribution in [0.5, 0.6) is 0 Å². The van der Waals surface area contributed by atoms with E-state index in [1.807, 2.05) is 30.3 Å². The number of benzene rings is 1. The Hall–Kier alpha value is -2.43. The highest BCUT2D eigenvalue weighted by Gasteiger charge is 2.17. The molecule has 0 spiro atoms. The Kier molecular flexibility index (Phi) is 6.33. The monoisotopic (exact) mass is 288 g/mol. The van der Waals surface area contributed by atoms with Crippen LogP contribution >= 0.6 is 0 Å². The maximum absolute atomic E-state index is 11.8. The highest BCUT2D eigenvalue weighted by atomic mass is 16.2. The van der Waals surface area contributed by atoms with E-state index in [1.165, 1.54) is 22.9 Å². The van der Waals surface area contributed by atoms with Gasteiger partial charge in [-0.1, -0.05) is 36.4 Å². The van der Waals surface area contributed by atoms with Crippen molar-refractivity contribution in [3.63, 3.8) is 0 Å². The van der Waals surface area contributed by atoms with E-state index in [1.54, 1.807) is 20.2 Å². The number of ketones is 1. The van der Waals surface area contributed by atoms with Gasteiger partial charge in [-0.15, -0.1) is 0 Å². The van der Waals surface area contributed by atoms with Gasteiger partial charge in [-0.2, -0.15) is 0 Å². The molecule has 21 heavy (non-hydrogen) atoms. The van der Waals surface area contributed by atoms with Crippen LogP contribution in [0.25, 0.3) is 6.08 Å². The molecule has 0 radical (unpaired) electrons. The predicted octanol–water partition coefficient (Wildman–Crippen LogP) is 1.21. The van der Waals surface area contributed by atoms with Crippen LogP contribution in [-0.2, 0) is 14.4 Å². The fourth-order valence-electron chi connectivity index (χ4n) is 1.58. The SMILES string of the molecule is CN(C)C(=O)CCN(C)C(=O)C(=O)/C=C/c1ccccc1. The summed E-state index contributed by atoms with van der Waals surface area (Å²) in [6.45, 7) is 0.223. The van der Waals surface area contributed by atoms with E-state index >= 15 is 0 Å². The Morgan fingerprint density at radius 1 is 1.05 bits per heavy atom. The molecule has 1 rings (SSSR count). The summed E-state index contributed by atoms with van der Waals surface area (Å²) < 4.78 is 0. The molecule has 2 amide bonds. The molecule has 0 aromatic heterocycles. The molecule has 112 valence electrons. The van der Waals surface area contributed by atoms with Gasteiger partial charge in [-0.05, 0) is 11.6 Å². The summed E-state index contributed by atoms with van der Waals surface area (Å²) in [5.41, 5.74) is 0.851. The largest absolute Gasteiger partial charge is 0.349 e. The number of hydrogen-bond donors (Lipinski definition) is 0. The van der Waals surface area contributed by atoms with Gasteiger partial charge in [0, 0.05) is 34.1 Å². The number of amides is 2. The highest BCUT2D eigenvalue weighted by Crippen LogP contribution is 2.02. The third-order valence-electron chi connectivity index (χ3n) is 2.94. The molecule has 0 aliphatic carbocycles. The van der Waals surface area contributed by atoms with Crippen molar-refractivity contribution >= 4 is 23.7 Å². The first-order valence-corrected chi connectivity index (χ1v) is 6.64.